The van der Waals surface area contributed by atoms with E-state index < -0.39 is 0 Å². The molecule has 4 nitrogen and oxygen atoms in total. The van der Waals surface area contributed by atoms with Crippen LogP contribution in [0.1, 0.15) is 23.9 Å². The normalized spacial score (nSPS) is 10.5. The van der Waals surface area contributed by atoms with E-state index in [1.807, 2.05) is 31.2 Å². The maximum absolute atomic E-state index is 9.04. The van der Waals surface area contributed by atoms with Gasteiger partial charge in [0.05, 0.1) is 6.61 Å². The van der Waals surface area contributed by atoms with Crippen LogP contribution < -0.4 is 5.32 Å². The molecule has 0 radical (unpaired) electrons. The molecule has 0 bridgehead atoms. The van der Waals surface area contributed by atoms with Gasteiger partial charge in [-0.3, -0.25) is 0 Å². The highest BCUT2D eigenvalue weighted by molar-refractivity contribution is 7.09. The zero-order valence-corrected chi connectivity index (χ0v) is 10.5. The summed E-state index contributed by atoms with van der Waals surface area (Å²) in [6.07, 6.45) is 0.859. The third kappa shape index (κ3) is 3.25. The van der Waals surface area contributed by atoms with E-state index in [1.54, 1.807) is 0 Å². The van der Waals surface area contributed by atoms with Gasteiger partial charge in [-0.1, -0.05) is 31.2 Å². The molecule has 0 atom stereocenters. The van der Waals surface area contributed by atoms with Gasteiger partial charge in [-0.2, -0.15) is 4.37 Å². The number of aliphatic hydroxyl groups is 1. The number of aromatic nitrogens is 2. The summed E-state index contributed by atoms with van der Waals surface area (Å²) in [5.41, 5.74) is 2.06. The minimum Gasteiger partial charge on any atom is -0.392 e. The molecule has 2 aromatic rings. The lowest BCUT2D eigenvalue weighted by Gasteiger charge is -2.04. The molecule has 17 heavy (non-hydrogen) atoms. The fourth-order valence-electron chi connectivity index (χ4n) is 1.49. The molecule has 0 aliphatic carbocycles. The highest BCUT2D eigenvalue weighted by Gasteiger charge is 2.01. The lowest BCUT2D eigenvalue weighted by atomic mass is 10.1. The Morgan fingerprint density at radius 3 is 2.88 bits per heavy atom. The zero-order valence-electron chi connectivity index (χ0n) is 9.68. The van der Waals surface area contributed by atoms with E-state index in [9.17, 15) is 0 Å². The Kier molecular flexibility index (Phi) is 4.06. The van der Waals surface area contributed by atoms with Crippen molar-refractivity contribution in [2.75, 3.05) is 5.32 Å². The molecule has 0 amide bonds. The second kappa shape index (κ2) is 5.75. The molecular weight excluding hydrogens is 234 g/mol. The summed E-state index contributed by atoms with van der Waals surface area (Å²) < 4.78 is 4.21. The molecule has 90 valence electrons. The Labute approximate surface area is 105 Å². The molecule has 0 aliphatic rings. The van der Waals surface area contributed by atoms with Gasteiger partial charge in [-0.05, 0) is 11.1 Å². The highest BCUT2D eigenvalue weighted by atomic mass is 32.1. The van der Waals surface area contributed by atoms with Gasteiger partial charge in [-0.15, -0.1) is 0 Å². The number of benzene rings is 1. The van der Waals surface area contributed by atoms with Crippen molar-refractivity contribution >= 4 is 16.7 Å². The van der Waals surface area contributed by atoms with Crippen LogP contribution in [0, 0.1) is 0 Å². The minimum absolute atomic E-state index is 0.0760. The number of nitrogens with one attached hydrogen (secondary N) is 1. The second-order valence-corrected chi connectivity index (χ2v) is 4.45. The summed E-state index contributed by atoms with van der Waals surface area (Å²) in [4.78, 5) is 4.33. The number of nitrogens with zero attached hydrogens (tertiary/aromatic N) is 2. The van der Waals surface area contributed by atoms with E-state index in [1.165, 1.54) is 11.5 Å². The number of rotatable bonds is 5. The Bertz CT molecular complexity index is 484. The SMILES string of the molecule is CCc1nsc(NCc2cccc(CO)c2)n1. The van der Waals surface area contributed by atoms with E-state index in [2.05, 4.69) is 14.7 Å². The predicted molar refractivity (Wildman–Crippen MR) is 69.0 cm³/mol. The molecule has 0 fully saturated rings. The molecule has 1 aromatic carbocycles. The average Bonchev–Trinajstić information content (AvgIpc) is 2.84. The first-order valence-corrected chi connectivity index (χ1v) is 6.34. The molecule has 2 rings (SSSR count). The Morgan fingerprint density at radius 2 is 2.18 bits per heavy atom. The summed E-state index contributed by atoms with van der Waals surface area (Å²) in [6, 6.07) is 7.85. The van der Waals surface area contributed by atoms with Gasteiger partial charge in [0.1, 0.15) is 5.82 Å². The zero-order chi connectivity index (χ0) is 12.1. The maximum atomic E-state index is 9.04. The van der Waals surface area contributed by atoms with Gasteiger partial charge >= 0.3 is 0 Å². The number of hydrogen-bond acceptors (Lipinski definition) is 5. The summed E-state index contributed by atoms with van der Waals surface area (Å²) >= 11 is 1.38. The molecule has 5 heteroatoms. The Balaban J connectivity index is 1.96. The van der Waals surface area contributed by atoms with Crippen LogP contribution in [0.15, 0.2) is 24.3 Å². The quantitative estimate of drug-likeness (QED) is 0.853. The van der Waals surface area contributed by atoms with Crippen LogP contribution in [0.5, 0.6) is 0 Å². The van der Waals surface area contributed by atoms with E-state index in [0.29, 0.717) is 6.54 Å². The molecule has 0 aliphatic heterocycles. The first kappa shape index (κ1) is 12.0. The van der Waals surface area contributed by atoms with Gasteiger partial charge in [0.25, 0.3) is 0 Å². The van der Waals surface area contributed by atoms with E-state index >= 15 is 0 Å². The molecule has 1 heterocycles. The number of aliphatic hydroxyl groups excluding tert-OH is 1. The lowest BCUT2D eigenvalue weighted by molar-refractivity contribution is 0.281. The fraction of sp³-hybridized carbons (Fsp3) is 0.333. The molecule has 1 aromatic heterocycles. The summed E-state index contributed by atoms with van der Waals surface area (Å²) in [7, 11) is 0. The highest BCUT2D eigenvalue weighted by Crippen LogP contribution is 2.13. The molecule has 2 N–H and O–H groups in total. The first-order valence-electron chi connectivity index (χ1n) is 5.57. The van der Waals surface area contributed by atoms with Crippen LogP contribution in [0.4, 0.5) is 5.13 Å². The van der Waals surface area contributed by atoms with Crippen LogP contribution in [-0.4, -0.2) is 14.5 Å². The van der Waals surface area contributed by atoms with Crippen molar-refractivity contribution in [1.82, 2.24) is 9.36 Å². The lowest BCUT2D eigenvalue weighted by Crippen LogP contribution is -1.99. The fourth-order valence-corrected chi connectivity index (χ4v) is 2.13. The van der Waals surface area contributed by atoms with E-state index in [-0.39, 0.29) is 6.61 Å². The third-order valence-electron chi connectivity index (χ3n) is 2.40. The number of hydrogen-bond donors (Lipinski definition) is 2. The molecule has 0 saturated heterocycles. The molecule has 0 unspecified atom stereocenters. The maximum Gasteiger partial charge on any atom is 0.202 e. The van der Waals surface area contributed by atoms with Crippen LogP contribution in [0.3, 0.4) is 0 Å². The average molecular weight is 249 g/mol. The second-order valence-electron chi connectivity index (χ2n) is 3.70. The van der Waals surface area contributed by atoms with Gasteiger partial charge in [-0.25, -0.2) is 4.98 Å². The summed E-state index contributed by atoms with van der Waals surface area (Å²) in [5.74, 6) is 0.876. The van der Waals surface area contributed by atoms with E-state index in [4.69, 9.17) is 5.11 Å². The van der Waals surface area contributed by atoms with Gasteiger partial charge in [0, 0.05) is 24.5 Å². The van der Waals surface area contributed by atoms with Crippen molar-refractivity contribution in [3.05, 3.63) is 41.2 Å². The molecule has 0 saturated carbocycles. The number of aryl methyl sites for hydroxylation is 1. The molecule has 0 spiro atoms. The van der Waals surface area contributed by atoms with Crippen LogP contribution in [0.2, 0.25) is 0 Å². The van der Waals surface area contributed by atoms with Gasteiger partial charge in [0.15, 0.2) is 0 Å². The minimum atomic E-state index is 0.0760. The van der Waals surface area contributed by atoms with Crippen LogP contribution in [-0.2, 0) is 19.6 Å². The van der Waals surface area contributed by atoms with Crippen molar-refractivity contribution < 1.29 is 5.11 Å². The van der Waals surface area contributed by atoms with Crippen LogP contribution in [0.25, 0.3) is 0 Å². The summed E-state index contributed by atoms with van der Waals surface area (Å²) in [5, 5.41) is 13.1. The first-order chi connectivity index (χ1) is 8.31. The smallest absolute Gasteiger partial charge is 0.202 e. The van der Waals surface area contributed by atoms with Gasteiger partial charge in [0.2, 0.25) is 5.13 Å². The van der Waals surface area contributed by atoms with Crippen LogP contribution >= 0.6 is 11.5 Å². The van der Waals surface area contributed by atoms with Crippen molar-refractivity contribution in [2.45, 2.75) is 26.5 Å². The van der Waals surface area contributed by atoms with Crippen molar-refractivity contribution in [1.29, 1.82) is 0 Å². The van der Waals surface area contributed by atoms with E-state index in [0.717, 1.165) is 28.5 Å². The largest absolute Gasteiger partial charge is 0.392 e. The van der Waals surface area contributed by atoms with Crippen molar-refractivity contribution in [3.8, 4) is 0 Å². The Hall–Kier alpha value is -1.46. The number of anilines is 1. The van der Waals surface area contributed by atoms with Crippen molar-refractivity contribution in [2.24, 2.45) is 0 Å². The Morgan fingerprint density at radius 1 is 1.35 bits per heavy atom. The summed E-state index contributed by atoms with van der Waals surface area (Å²) in [6.45, 7) is 2.81. The molecular formula is C12H15N3OS. The van der Waals surface area contributed by atoms with Gasteiger partial charge < -0.3 is 10.4 Å². The predicted octanol–water partition coefficient (Wildman–Crippen LogP) is 2.20. The third-order valence-corrected chi connectivity index (χ3v) is 3.11. The standard InChI is InChI=1S/C12H15N3OS/c1-2-11-14-12(17-15-11)13-7-9-4-3-5-10(6-9)8-16/h3-6,16H,2,7-8H2,1H3,(H,13,14,15). The monoisotopic (exact) mass is 249 g/mol. The van der Waals surface area contributed by atoms with Crippen molar-refractivity contribution in [3.63, 3.8) is 0 Å². The topological polar surface area (TPSA) is 58.0 Å².